The minimum atomic E-state index is 0.522. The van der Waals surface area contributed by atoms with Gasteiger partial charge >= 0.3 is 0 Å². The molecule has 21 heavy (non-hydrogen) atoms. The zero-order valence-corrected chi connectivity index (χ0v) is 14.5. The van der Waals surface area contributed by atoms with Crippen LogP contribution in [0.15, 0.2) is 12.4 Å². The lowest BCUT2D eigenvalue weighted by atomic mass is 9.65. The Balaban J connectivity index is 1.92. The Hall–Kier alpha value is -0.830. The summed E-state index contributed by atoms with van der Waals surface area (Å²) in [6.07, 6.45) is 10.8. The molecule has 0 bridgehead atoms. The van der Waals surface area contributed by atoms with Crippen molar-refractivity contribution >= 4 is 0 Å². The van der Waals surface area contributed by atoms with E-state index in [4.69, 9.17) is 0 Å². The van der Waals surface area contributed by atoms with Gasteiger partial charge in [0.25, 0.3) is 0 Å². The fourth-order valence-electron chi connectivity index (χ4n) is 3.74. The van der Waals surface area contributed by atoms with Crippen LogP contribution in [-0.2, 0) is 13.5 Å². The highest BCUT2D eigenvalue weighted by molar-refractivity contribution is 5.04. The first-order valence-electron chi connectivity index (χ1n) is 8.56. The maximum atomic E-state index is 4.29. The summed E-state index contributed by atoms with van der Waals surface area (Å²) in [5, 5.41) is 7.95. The second-order valence-electron chi connectivity index (χ2n) is 8.05. The van der Waals surface area contributed by atoms with Crippen LogP contribution in [0.3, 0.4) is 0 Å². The van der Waals surface area contributed by atoms with Crippen molar-refractivity contribution in [2.75, 3.05) is 6.54 Å². The Labute approximate surface area is 130 Å². The predicted molar refractivity (Wildman–Crippen MR) is 89.3 cm³/mol. The highest BCUT2D eigenvalue weighted by atomic mass is 15.2. The van der Waals surface area contributed by atoms with Crippen LogP contribution in [0, 0.1) is 17.3 Å². The minimum Gasteiger partial charge on any atom is -0.314 e. The summed E-state index contributed by atoms with van der Waals surface area (Å²) in [5.41, 5.74) is 1.91. The fourth-order valence-corrected chi connectivity index (χ4v) is 3.74. The number of nitrogens with zero attached hydrogens (tertiary/aromatic N) is 2. The molecule has 0 radical (unpaired) electrons. The predicted octanol–water partition coefficient (Wildman–Crippen LogP) is 3.79. The molecule has 2 atom stereocenters. The first-order chi connectivity index (χ1) is 9.85. The van der Waals surface area contributed by atoms with E-state index in [9.17, 15) is 0 Å². The Kier molecular flexibility index (Phi) is 5.48. The lowest BCUT2D eigenvalue weighted by molar-refractivity contribution is 0.109. The van der Waals surface area contributed by atoms with Crippen molar-refractivity contribution in [3.05, 3.63) is 18.0 Å². The van der Waals surface area contributed by atoms with Crippen LogP contribution < -0.4 is 5.32 Å². The third kappa shape index (κ3) is 5.14. The molecule has 1 aliphatic carbocycles. The van der Waals surface area contributed by atoms with E-state index in [1.807, 2.05) is 17.9 Å². The van der Waals surface area contributed by atoms with Crippen molar-refractivity contribution < 1.29 is 0 Å². The van der Waals surface area contributed by atoms with Crippen molar-refractivity contribution in [3.63, 3.8) is 0 Å². The van der Waals surface area contributed by atoms with E-state index in [0.717, 1.165) is 11.8 Å². The molecule has 1 heterocycles. The van der Waals surface area contributed by atoms with Crippen LogP contribution in [-0.4, -0.2) is 22.4 Å². The number of hydrogen-bond acceptors (Lipinski definition) is 2. The monoisotopic (exact) mass is 291 g/mol. The summed E-state index contributed by atoms with van der Waals surface area (Å²) in [6.45, 7) is 10.6. The van der Waals surface area contributed by atoms with E-state index in [0.29, 0.717) is 11.5 Å². The van der Waals surface area contributed by atoms with Crippen LogP contribution in [0.5, 0.6) is 0 Å². The van der Waals surface area contributed by atoms with Gasteiger partial charge in [-0.2, -0.15) is 5.10 Å². The number of nitrogens with one attached hydrogen (secondary N) is 1. The molecule has 1 fully saturated rings. The van der Waals surface area contributed by atoms with Crippen molar-refractivity contribution in [1.82, 2.24) is 15.1 Å². The van der Waals surface area contributed by atoms with E-state index < -0.39 is 0 Å². The largest absolute Gasteiger partial charge is 0.314 e. The molecule has 1 aromatic heterocycles. The molecule has 3 nitrogen and oxygen atoms in total. The maximum Gasteiger partial charge on any atom is 0.0521 e. The molecule has 0 amide bonds. The standard InChI is InChI=1S/C18H33N3/c1-14(2)19-12-17-8-9-18(3,4)10-16(17)7-6-15-11-20-21(5)13-15/h11,13-14,16-17,19H,6-10,12H2,1-5H3. The quantitative estimate of drug-likeness (QED) is 0.864. The molecule has 1 N–H and O–H groups in total. The molecule has 0 spiro atoms. The molecular weight excluding hydrogens is 258 g/mol. The average Bonchev–Trinajstić information content (AvgIpc) is 2.80. The molecule has 1 saturated carbocycles. The summed E-state index contributed by atoms with van der Waals surface area (Å²) in [7, 11) is 2.00. The molecule has 3 heteroatoms. The zero-order valence-electron chi connectivity index (χ0n) is 14.5. The van der Waals surface area contributed by atoms with Gasteiger partial charge in [-0.3, -0.25) is 4.68 Å². The second kappa shape index (κ2) is 6.95. The van der Waals surface area contributed by atoms with Gasteiger partial charge in [0, 0.05) is 19.3 Å². The van der Waals surface area contributed by atoms with E-state index in [1.165, 1.54) is 44.2 Å². The van der Waals surface area contributed by atoms with Gasteiger partial charge < -0.3 is 5.32 Å². The molecule has 0 saturated heterocycles. The second-order valence-corrected chi connectivity index (χ2v) is 8.05. The molecule has 120 valence electrons. The lowest BCUT2D eigenvalue weighted by Gasteiger charge is -2.41. The van der Waals surface area contributed by atoms with Crippen molar-refractivity contribution in [2.24, 2.45) is 24.3 Å². The summed E-state index contributed by atoms with van der Waals surface area (Å²) in [5.74, 6) is 1.69. The van der Waals surface area contributed by atoms with Gasteiger partial charge in [0.2, 0.25) is 0 Å². The molecule has 2 unspecified atom stereocenters. The van der Waals surface area contributed by atoms with Gasteiger partial charge in [-0.05, 0) is 61.5 Å². The van der Waals surface area contributed by atoms with E-state index in [2.05, 4.69) is 44.3 Å². The summed E-state index contributed by atoms with van der Waals surface area (Å²) < 4.78 is 1.91. The van der Waals surface area contributed by atoms with Gasteiger partial charge in [0.05, 0.1) is 6.20 Å². The van der Waals surface area contributed by atoms with Crippen molar-refractivity contribution in [3.8, 4) is 0 Å². The number of hydrogen-bond donors (Lipinski definition) is 1. The van der Waals surface area contributed by atoms with Crippen molar-refractivity contribution in [2.45, 2.75) is 65.8 Å². The Morgan fingerprint density at radius 2 is 2.14 bits per heavy atom. The normalized spacial score (nSPS) is 25.4. The summed E-state index contributed by atoms with van der Waals surface area (Å²) in [6, 6.07) is 0.596. The van der Waals surface area contributed by atoms with Gasteiger partial charge in [-0.15, -0.1) is 0 Å². The Bertz CT molecular complexity index is 431. The van der Waals surface area contributed by atoms with Gasteiger partial charge in [0.15, 0.2) is 0 Å². The minimum absolute atomic E-state index is 0.522. The fraction of sp³-hybridized carbons (Fsp3) is 0.833. The van der Waals surface area contributed by atoms with Crippen LogP contribution in [0.4, 0.5) is 0 Å². The topological polar surface area (TPSA) is 29.9 Å². The number of aromatic nitrogens is 2. The van der Waals surface area contributed by atoms with Crippen LogP contribution in [0.1, 0.15) is 58.9 Å². The molecule has 1 aromatic rings. The highest BCUT2D eigenvalue weighted by Gasteiger charge is 2.34. The van der Waals surface area contributed by atoms with Gasteiger partial charge in [-0.25, -0.2) is 0 Å². The molecule has 1 aliphatic rings. The molecule has 0 aliphatic heterocycles. The summed E-state index contributed by atoms with van der Waals surface area (Å²) in [4.78, 5) is 0. The van der Waals surface area contributed by atoms with Crippen LogP contribution >= 0.6 is 0 Å². The summed E-state index contributed by atoms with van der Waals surface area (Å²) >= 11 is 0. The first-order valence-corrected chi connectivity index (χ1v) is 8.56. The highest BCUT2D eigenvalue weighted by Crippen LogP contribution is 2.43. The SMILES string of the molecule is CC(C)NCC1CCC(C)(C)CC1CCc1cnn(C)c1. The van der Waals surface area contributed by atoms with Gasteiger partial charge in [0.1, 0.15) is 0 Å². The molecule has 2 rings (SSSR count). The maximum absolute atomic E-state index is 4.29. The molecule has 0 aromatic carbocycles. The number of rotatable bonds is 6. The van der Waals surface area contributed by atoms with E-state index in [-0.39, 0.29) is 0 Å². The lowest BCUT2D eigenvalue weighted by Crippen LogP contribution is -2.38. The number of aryl methyl sites for hydroxylation is 2. The Morgan fingerprint density at radius 1 is 1.38 bits per heavy atom. The first kappa shape index (κ1) is 16.5. The van der Waals surface area contributed by atoms with Crippen LogP contribution in [0.2, 0.25) is 0 Å². The zero-order chi connectivity index (χ0) is 15.5. The smallest absolute Gasteiger partial charge is 0.0521 e. The van der Waals surface area contributed by atoms with E-state index in [1.54, 1.807) is 0 Å². The average molecular weight is 291 g/mol. The molecular formula is C18H33N3. The van der Waals surface area contributed by atoms with Gasteiger partial charge in [-0.1, -0.05) is 27.7 Å². The van der Waals surface area contributed by atoms with Crippen molar-refractivity contribution in [1.29, 1.82) is 0 Å². The third-order valence-corrected chi connectivity index (χ3v) is 5.02. The van der Waals surface area contributed by atoms with E-state index >= 15 is 0 Å². The Morgan fingerprint density at radius 3 is 2.76 bits per heavy atom. The van der Waals surface area contributed by atoms with Crippen LogP contribution in [0.25, 0.3) is 0 Å². The third-order valence-electron chi connectivity index (χ3n) is 5.02.